The average Bonchev–Trinajstić information content (AvgIpc) is 2.94. The van der Waals surface area contributed by atoms with Crippen LogP contribution in [-0.2, 0) is 26.4 Å². The third-order valence-electron chi connectivity index (χ3n) is 4.12. The van der Waals surface area contributed by atoms with Crippen molar-refractivity contribution in [3.63, 3.8) is 0 Å². The summed E-state index contributed by atoms with van der Waals surface area (Å²) in [6.07, 6.45) is 4.24. The number of unbranched alkanes of at least 4 members (excludes halogenated alkanes) is 1. The van der Waals surface area contributed by atoms with E-state index < -0.39 is 0 Å². The van der Waals surface area contributed by atoms with Gasteiger partial charge in [0.05, 0.1) is 7.11 Å². The SMILES string of the molecule is CCCCc1ccc(CNC(=O)c2c(OC)c(CC)nn2C)cc1. The third-order valence-corrected chi connectivity index (χ3v) is 4.12. The first kappa shape index (κ1) is 18.0. The Hall–Kier alpha value is -2.30. The van der Waals surface area contributed by atoms with Crippen LogP contribution in [0.3, 0.4) is 0 Å². The molecule has 0 fully saturated rings. The first-order valence-corrected chi connectivity index (χ1v) is 8.56. The Morgan fingerprint density at radius 1 is 1.21 bits per heavy atom. The molecule has 0 unspecified atom stereocenters. The van der Waals surface area contributed by atoms with Gasteiger partial charge in [-0.15, -0.1) is 0 Å². The van der Waals surface area contributed by atoms with E-state index in [0.29, 0.717) is 18.0 Å². The highest BCUT2D eigenvalue weighted by Gasteiger charge is 2.21. The first-order chi connectivity index (χ1) is 11.6. The number of nitrogens with one attached hydrogen (secondary N) is 1. The molecule has 1 heterocycles. The topological polar surface area (TPSA) is 56.1 Å². The molecule has 0 saturated heterocycles. The molecule has 1 amide bonds. The summed E-state index contributed by atoms with van der Waals surface area (Å²) < 4.78 is 6.95. The van der Waals surface area contributed by atoms with Crippen molar-refractivity contribution < 1.29 is 9.53 Å². The Bertz CT molecular complexity index is 675. The minimum Gasteiger partial charge on any atom is -0.492 e. The van der Waals surface area contributed by atoms with Crippen LogP contribution in [0.5, 0.6) is 5.75 Å². The highest BCUT2D eigenvalue weighted by atomic mass is 16.5. The summed E-state index contributed by atoms with van der Waals surface area (Å²) in [6.45, 7) is 4.68. The molecule has 24 heavy (non-hydrogen) atoms. The predicted molar refractivity (Wildman–Crippen MR) is 95.4 cm³/mol. The van der Waals surface area contributed by atoms with Gasteiger partial charge in [0.2, 0.25) is 0 Å². The van der Waals surface area contributed by atoms with Crippen molar-refractivity contribution in [1.29, 1.82) is 0 Å². The largest absolute Gasteiger partial charge is 0.492 e. The summed E-state index contributed by atoms with van der Waals surface area (Å²) in [4.78, 5) is 12.5. The minimum absolute atomic E-state index is 0.170. The number of rotatable bonds is 8. The number of nitrogens with zero attached hydrogens (tertiary/aromatic N) is 2. The molecule has 0 bridgehead atoms. The molecule has 0 spiro atoms. The van der Waals surface area contributed by atoms with E-state index in [-0.39, 0.29) is 5.91 Å². The molecule has 0 radical (unpaired) electrons. The summed E-state index contributed by atoms with van der Waals surface area (Å²) >= 11 is 0. The standard InChI is InChI=1S/C19H27N3O2/c1-5-7-8-14-9-11-15(12-10-14)13-20-19(23)17-18(24-4)16(6-2)21-22(17)3/h9-12H,5-8,13H2,1-4H3,(H,20,23). The molecule has 5 heteroatoms. The van der Waals surface area contributed by atoms with E-state index in [2.05, 4.69) is 41.6 Å². The van der Waals surface area contributed by atoms with Crippen LogP contribution in [-0.4, -0.2) is 22.8 Å². The molecule has 5 nitrogen and oxygen atoms in total. The first-order valence-electron chi connectivity index (χ1n) is 8.56. The number of amides is 1. The van der Waals surface area contributed by atoms with Gasteiger partial charge in [0.25, 0.3) is 5.91 Å². The summed E-state index contributed by atoms with van der Waals surface area (Å²) in [7, 11) is 3.33. The summed E-state index contributed by atoms with van der Waals surface area (Å²) in [5.41, 5.74) is 3.69. The van der Waals surface area contributed by atoms with Gasteiger partial charge in [-0.05, 0) is 30.4 Å². The zero-order chi connectivity index (χ0) is 17.5. The van der Waals surface area contributed by atoms with E-state index in [1.807, 2.05) is 6.92 Å². The average molecular weight is 329 g/mol. The Morgan fingerprint density at radius 3 is 2.46 bits per heavy atom. The molecule has 130 valence electrons. The van der Waals surface area contributed by atoms with Crippen LogP contribution in [0.4, 0.5) is 0 Å². The van der Waals surface area contributed by atoms with Crippen molar-refractivity contribution in [2.24, 2.45) is 7.05 Å². The number of methoxy groups -OCH3 is 1. The quantitative estimate of drug-likeness (QED) is 0.809. The number of hydrogen-bond donors (Lipinski definition) is 1. The molecule has 0 aliphatic heterocycles. The van der Waals surface area contributed by atoms with Crippen LogP contribution in [0.15, 0.2) is 24.3 Å². The van der Waals surface area contributed by atoms with Gasteiger partial charge in [-0.1, -0.05) is 44.5 Å². The van der Waals surface area contributed by atoms with E-state index in [1.54, 1.807) is 18.8 Å². The summed E-state index contributed by atoms with van der Waals surface area (Å²) in [6, 6.07) is 8.42. The molecule has 0 aliphatic carbocycles. The Kier molecular flexibility index (Phi) is 6.41. The van der Waals surface area contributed by atoms with Gasteiger partial charge < -0.3 is 10.1 Å². The highest BCUT2D eigenvalue weighted by Crippen LogP contribution is 2.23. The molecule has 0 aliphatic rings. The van der Waals surface area contributed by atoms with E-state index >= 15 is 0 Å². The number of aromatic nitrogens is 2. The lowest BCUT2D eigenvalue weighted by molar-refractivity contribution is 0.0938. The van der Waals surface area contributed by atoms with Crippen LogP contribution >= 0.6 is 0 Å². The molecule has 2 rings (SSSR count). The van der Waals surface area contributed by atoms with E-state index in [1.165, 1.54) is 18.4 Å². The van der Waals surface area contributed by atoms with Gasteiger partial charge in [-0.3, -0.25) is 9.48 Å². The maximum atomic E-state index is 12.5. The van der Waals surface area contributed by atoms with Crippen LogP contribution in [0.2, 0.25) is 0 Å². The van der Waals surface area contributed by atoms with Crippen LogP contribution < -0.4 is 10.1 Å². The Labute approximate surface area is 144 Å². The van der Waals surface area contributed by atoms with E-state index in [9.17, 15) is 4.79 Å². The lowest BCUT2D eigenvalue weighted by Gasteiger charge is -2.08. The molecule has 1 aromatic heterocycles. The number of carbonyl (C=O) groups is 1. The summed E-state index contributed by atoms with van der Waals surface area (Å²) in [5.74, 6) is 0.393. The second-order valence-corrected chi connectivity index (χ2v) is 5.91. The maximum Gasteiger partial charge on any atom is 0.273 e. The predicted octanol–water partition coefficient (Wildman–Crippen LogP) is 3.26. The zero-order valence-electron chi connectivity index (χ0n) is 15.1. The summed E-state index contributed by atoms with van der Waals surface area (Å²) in [5, 5.41) is 7.30. The van der Waals surface area contributed by atoms with Crippen molar-refractivity contribution in [3.05, 3.63) is 46.8 Å². The second-order valence-electron chi connectivity index (χ2n) is 5.91. The molecule has 1 aromatic carbocycles. The van der Waals surface area contributed by atoms with Crippen LogP contribution in [0.1, 0.15) is 54.0 Å². The van der Waals surface area contributed by atoms with Gasteiger partial charge in [0, 0.05) is 13.6 Å². The van der Waals surface area contributed by atoms with Gasteiger partial charge in [0.15, 0.2) is 11.4 Å². The second kappa shape index (κ2) is 8.52. The van der Waals surface area contributed by atoms with Crippen molar-refractivity contribution in [1.82, 2.24) is 15.1 Å². The van der Waals surface area contributed by atoms with Crippen molar-refractivity contribution >= 4 is 5.91 Å². The molecule has 2 aromatic rings. The maximum absolute atomic E-state index is 12.5. The van der Waals surface area contributed by atoms with Crippen molar-refractivity contribution in [2.45, 2.75) is 46.1 Å². The number of ether oxygens (including phenoxy) is 1. The molecular weight excluding hydrogens is 302 g/mol. The smallest absolute Gasteiger partial charge is 0.273 e. The minimum atomic E-state index is -0.170. The zero-order valence-corrected chi connectivity index (χ0v) is 15.1. The highest BCUT2D eigenvalue weighted by molar-refractivity contribution is 5.95. The van der Waals surface area contributed by atoms with E-state index in [4.69, 9.17) is 4.74 Å². The third kappa shape index (κ3) is 4.16. The molecule has 0 saturated carbocycles. The van der Waals surface area contributed by atoms with Gasteiger partial charge in [-0.25, -0.2) is 0 Å². The fraction of sp³-hybridized carbons (Fsp3) is 0.474. The van der Waals surface area contributed by atoms with Gasteiger partial charge >= 0.3 is 0 Å². The Morgan fingerprint density at radius 2 is 1.88 bits per heavy atom. The fourth-order valence-electron chi connectivity index (χ4n) is 2.73. The number of hydrogen-bond acceptors (Lipinski definition) is 3. The van der Waals surface area contributed by atoms with Crippen LogP contribution in [0, 0.1) is 0 Å². The molecule has 1 N–H and O–H groups in total. The van der Waals surface area contributed by atoms with Crippen LogP contribution in [0.25, 0.3) is 0 Å². The number of carbonyl (C=O) groups excluding carboxylic acids is 1. The molecular formula is C19H27N3O2. The lowest BCUT2D eigenvalue weighted by atomic mass is 10.1. The normalized spacial score (nSPS) is 10.7. The van der Waals surface area contributed by atoms with Crippen molar-refractivity contribution in [2.75, 3.05) is 7.11 Å². The fourth-order valence-corrected chi connectivity index (χ4v) is 2.73. The van der Waals surface area contributed by atoms with E-state index in [0.717, 1.165) is 24.1 Å². The number of aryl methyl sites for hydroxylation is 3. The van der Waals surface area contributed by atoms with Gasteiger partial charge in [-0.2, -0.15) is 5.10 Å². The molecule has 0 atom stereocenters. The van der Waals surface area contributed by atoms with Gasteiger partial charge in [0.1, 0.15) is 5.69 Å². The monoisotopic (exact) mass is 329 g/mol. The van der Waals surface area contributed by atoms with Crippen molar-refractivity contribution in [3.8, 4) is 5.75 Å². The number of benzene rings is 1. The Balaban J connectivity index is 2.02. The lowest BCUT2D eigenvalue weighted by Crippen LogP contribution is -2.25.